The molecule has 1 heteroatoms. The molecule has 0 radical (unpaired) electrons. The predicted octanol–water partition coefficient (Wildman–Crippen LogP) is 4.52. The average molecular weight is 222 g/mol. The molecule has 0 aromatic rings. The van der Waals surface area contributed by atoms with Crippen molar-refractivity contribution in [1.29, 1.82) is 0 Å². The van der Waals surface area contributed by atoms with E-state index < -0.39 is 0 Å². The standard InChI is InChI=1S/C15H26O/c1-3-4-5-6-7-8-9-14-10-11-15(16)12-13(14)2/h10-11,13-14H,3-9,12H2,1-2H3. The highest BCUT2D eigenvalue weighted by Crippen LogP contribution is 2.27. The molecule has 0 fully saturated rings. The van der Waals surface area contributed by atoms with E-state index in [-0.39, 0.29) is 0 Å². The summed E-state index contributed by atoms with van der Waals surface area (Å²) in [6.45, 7) is 4.47. The van der Waals surface area contributed by atoms with Gasteiger partial charge in [-0.05, 0) is 24.3 Å². The number of ketones is 1. The van der Waals surface area contributed by atoms with Crippen molar-refractivity contribution in [3.8, 4) is 0 Å². The number of hydrogen-bond acceptors (Lipinski definition) is 1. The van der Waals surface area contributed by atoms with Gasteiger partial charge in [0, 0.05) is 6.42 Å². The topological polar surface area (TPSA) is 17.1 Å². The van der Waals surface area contributed by atoms with Crippen molar-refractivity contribution >= 4 is 5.78 Å². The largest absolute Gasteiger partial charge is 0.295 e. The van der Waals surface area contributed by atoms with Crippen LogP contribution < -0.4 is 0 Å². The Balaban J connectivity index is 2.08. The minimum atomic E-state index is 0.312. The third-order valence-corrected chi connectivity index (χ3v) is 3.67. The van der Waals surface area contributed by atoms with Gasteiger partial charge in [-0.1, -0.05) is 58.4 Å². The molecule has 0 heterocycles. The Labute approximate surface area is 100 Å². The molecule has 0 aromatic carbocycles. The van der Waals surface area contributed by atoms with Gasteiger partial charge in [-0.15, -0.1) is 0 Å². The molecule has 1 aliphatic rings. The van der Waals surface area contributed by atoms with Crippen LogP contribution in [0.2, 0.25) is 0 Å². The molecule has 0 spiro atoms. The fraction of sp³-hybridized carbons (Fsp3) is 0.800. The van der Waals surface area contributed by atoms with Crippen LogP contribution in [0.15, 0.2) is 12.2 Å². The zero-order valence-electron chi connectivity index (χ0n) is 10.9. The van der Waals surface area contributed by atoms with Gasteiger partial charge >= 0.3 is 0 Å². The van der Waals surface area contributed by atoms with Crippen LogP contribution in [0.3, 0.4) is 0 Å². The minimum Gasteiger partial charge on any atom is -0.295 e. The Kier molecular flexibility index (Phi) is 6.44. The van der Waals surface area contributed by atoms with Crippen LogP contribution in [0.5, 0.6) is 0 Å². The zero-order chi connectivity index (χ0) is 11.8. The first kappa shape index (κ1) is 13.5. The first-order chi connectivity index (χ1) is 7.74. The highest BCUT2D eigenvalue weighted by Gasteiger charge is 2.20. The van der Waals surface area contributed by atoms with Crippen molar-refractivity contribution in [2.75, 3.05) is 0 Å². The molecule has 16 heavy (non-hydrogen) atoms. The Morgan fingerprint density at radius 1 is 1.19 bits per heavy atom. The van der Waals surface area contributed by atoms with Crippen molar-refractivity contribution < 1.29 is 4.79 Å². The van der Waals surface area contributed by atoms with Crippen LogP contribution in [0.1, 0.15) is 65.2 Å². The van der Waals surface area contributed by atoms with Crippen molar-refractivity contribution in [3.63, 3.8) is 0 Å². The van der Waals surface area contributed by atoms with E-state index in [1.165, 1.54) is 44.9 Å². The lowest BCUT2D eigenvalue weighted by atomic mass is 9.81. The highest BCUT2D eigenvalue weighted by molar-refractivity contribution is 5.90. The summed E-state index contributed by atoms with van der Waals surface area (Å²) in [6.07, 6.45) is 14.2. The first-order valence-electron chi connectivity index (χ1n) is 6.95. The Morgan fingerprint density at radius 3 is 2.56 bits per heavy atom. The second-order valence-electron chi connectivity index (χ2n) is 5.23. The lowest BCUT2D eigenvalue weighted by molar-refractivity contribution is -0.116. The van der Waals surface area contributed by atoms with Gasteiger partial charge in [0.05, 0.1) is 0 Å². The van der Waals surface area contributed by atoms with E-state index in [2.05, 4.69) is 19.9 Å². The normalized spacial score (nSPS) is 25.0. The first-order valence-corrected chi connectivity index (χ1v) is 6.95. The highest BCUT2D eigenvalue weighted by atomic mass is 16.1. The maximum Gasteiger partial charge on any atom is 0.155 e. The maximum absolute atomic E-state index is 11.2. The molecule has 1 aliphatic carbocycles. The minimum absolute atomic E-state index is 0.312. The molecule has 0 bridgehead atoms. The lowest BCUT2D eigenvalue weighted by Crippen LogP contribution is -2.17. The van der Waals surface area contributed by atoms with Crippen LogP contribution in [-0.4, -0.2) is 5.78 Å². The van der Waals surface area contributed by atoms with Crippen LogP contribution in [0.4, 0.5) is 0 Å². The van der Waals surface area contributed by atoms with E-state index >= 15 is 0 Å². The van der Waals surface area contributed by atoms with Crippen LogP contribution in [0.25, 0.3) is 0 Å². The van der Waals surface area contributed by atoms with E-state index in [4.69, 9.17) is 0 Å². The SMILES string of the molecule is CCCCCCCCC1C=CC(=O)CC1C. The van der Waals surface area contributed by atoms with E-state index in [0.29, 0.717) is 17.6 Å². The average Bonchev–Trinajstić information content (AvgIpc) is 2.26. The number of carbonyl (C=O) groups is 1. The van der Waals surface area contributed by atoms with Crippen molar-refractivity contribution in [1.82, 2.24) is 0 Å². The van der Waals surface area contributed by atoms with Gasteiger partial charge < -0.3 is 0 Å². The monoisotopic (exact) mass is 222 g/mol. The van der Waals surface area contributed by atoms with Crippen LogP contribution >= 0.6 is 0 Å². The predicted molar refractivity (Wildman–Crippen MR) is 69.4 cm³/mol. The number of rotatable bonds is 7. The zero-order valence-corrected chi connectivity index (χ0v) is 10.9. The summed E-state index contributed by atoms with van der Waals surface area (Å²) in [5.41, 5.74) is 0. The van der Waals surface area contributed by atoms with Gasteiger partial charge in [0.25, 0.3) is 0 Å². The molecule has 0 amide bonds. The fourth-order valence-corrected chi connectivity index (χ4v) is 2.50. The summed E-state index contributed by atoms with van der Waals surface area (Å²) in [5.74, 6) is 1.53. The summed E-state index contributed by atoms with van der Waals surface area (Å²) < 4.78 is 0. The van der Waals surface area contributed by atoms with Gasteiger partial charge in [-0.25, -0.2) is 0 Å². The molecule has 1 rings (SSSR count). The van der Waals surface area contributed by atoms with Crippen molar-refractivity contribution in [2.24, 2.45) is 11.8 Å². The van der Waals surface area contributed by atoms with Gasteiger partial charge in [0.1, 0.15) is 0 Å². The van der Waals surface area contributed by atoms with Crippen molar-refractivity contribution in [3.05, 3.63) is 12.2 Å². The van der Waals surface area contributed by atoms with Gasteiger partial charge in [0.2, 0.25) is 0 Å². The summed E-state index contributed by atoms with van der Waals surface area (Å²) >= 11 is 0. The molecule has 0 aromatic heterocycles. The van der Waals surface area contributed by atoms with E-state index in [1.54, 1.807) is 6.08 Å². The van der Waals surface area contributed by atoms with Crippen LogP contribution in [-0.2, 0) is 4.79 Å². The molecule has 2 unspecified atom stereocenters. The Morgan fingerprint density at radius 2 is 1.88 bits per heavy atom. The number of hydrogen-bond donors (Lipinski definition) is 0. The smallest absolute Gasteiger partial charge is 0.155 e. The third-order valence-electron chi connectivity index (χ3n) is 3.67. The van der Waals surface area contributed by atoms with E-state index in [0.717, 1.165) is 6.42 Å². The Bertz CT molecular complexity index is 230. The maximum atomic E-state index is 11.2. The third kappa shape index (κ3) is 4.96. The summed E-state index contributed by atoms with van der Waals surface area (Å²) in [7, 11) is 0. The number of unbranched alkanes of at least 4 members (excludes halogenated alkanes) is 5. The molecule has 0 N–H and O–H groups in total. The number of allylic oxidation sites excluding steroid dienone is 2. The summed E-state index contributed by atoms with van der Waals surface area (Å²) in [5, 5.41) is 0. The molecule has 0 saturated heterocycles. The quantitative estimate of drug-likeness (QED) is 0.579. The van der Waals surface area contributed by atoms with Gasteiger partial charge in [0.15, 0.2) is 5.78 Å². The summed E-state index contributed by atoms with van der Waals surface area (Å²) in [4.78, 5) is 11.2. The van der Waals surface area contributed by atoms with Gasteiger partial charge in [-0.2, -0.15) is 0 Å². The molecule has 1 nitrogen and oxygen atoms in total. The van der Waals surface area contributed by atoms with E-state index in [1.807, 2.05) is 0 Å². The second-order valence-corrected chi connectivity index (χ2v) is 5.23. The molecule has 0 saturated carbocycles. The number of carbonyl (C=O) groups excluding carboxylic acids is 1. The fourth-order valence-electron chi connectivity index (χ4n) is 2.50. The molecule has 92 valence electrons. The molecular formula is C15H26O. The summed E-state index contributed by atoms with van der Waals surface area (Å²) in [6, 6.07) is 0. The lowest BCUT2D eigenvalue weighted by Gasteiger charge is -2.23. The molecule has 0 aliphatic heterocycles. The Hall–Kier alpha value is -0.590. The van der Waals surface area contributed by atoms with Gasteiger partial charge in [-0.3, -0.25) is 4.79 Å². The van der Waals surface area contributed by atoms with Crippen molar-refractivity contribution in [2.45, 2.75) is 65.2 Å². The van der Waals surface area contributed by atoms with E-state index in [9.17, 15) is 4.79 Å². The molecular weight excluding hydrogens is 196 g/mol. The van der Waals surface area contributed by atoms with Crippen LogP contribution in [0, 0.1) is 11.8 Å². The second kappa shape index (κ2) is 7.65. The molecule has 2 atom stereocenters.